The molecule has 0 aliphatic carbocycles. The summed E-state index contributed by atoms with van der Waals surface area (Å²) in [5, 5.41) is 8.07. The Balaban J connectivity index is 1.51. The van der Waals surface area contributed by atoms with Crippen LogP contribution in [0.2, 0.25) is 5.02 Å². The zero-order valence-corrected chi connectivity index (χ0v) is 19.2. The first kappa shape index (κ1) is 23.3. The summed E-state index contributed by atoms with van der Waals surface area (Å²) in [7, 11) is -3.77. The minimum atomic E-state index is -3.77. The van der Waals surface area contributed by atoms with Crippen LogP contribution in [-0.2, 0) is 26.2 Å². The van der Waals surface area contributed by atoms with Crippen LogP contribution in [0.3, 0.4) is 0 Å². The maximum atomic E-state index is 13.1. The lowest BCUT2D eigenvalue weighted by molar-refractivity contribution is -0.132. The fourth-order valence-electron chi connectivity index (χ4n) is 3.70. The van der Waals surface area contributed by atoms with E-state index in [2.05, 4.69) is 10.4 Å². The van der Waals surface area contributed by atoms with Crippen molar-refractivity contribution >= 4 is 44.8 Å². The van der Waals surface area contributed by atoms with Crippen LogP contribution in [0.5, 0.6) is 0 Å². The number of carbonyl (C=O) groups excluding carboxylic acids is 2. The quantitative estimate of drug-likeness (QED) is 0.668. The number of anilines is 1. The van der Waals surface area contributed by atoms with E-state index in [0.717, 1.165) is 12.8 Å². The second kappa shape index (κ2) is 9.58. The Morgan fingerprint density at radius 3 is 2.48 bits per heavy atom. The van der Waals surface area contributed by atoms with E-state index in [1.165, 1.54) is 39.6 Å². The third-order valence-corrected chi connectivity index (χ3v) is 7.86. The standard InChI is InChI=1S/C22H22ClFN4O4S/c23-18-8-7-17(13-20(18)33(31,32)27-11-1-2-12-27)25-22(30)19-9-10-21(29)28(26-19)14-15-3-5-16(24)6-4-15/h3-8,13H,1-2,9-12,14H2,(H,25,30). The number of hydrogen-bond donors (Lipinski definition) is 1. The second-order valence-corrected chi connectivity index (χ2v) is 10.1. The average Bonchev–Trinajstić information content (AvgIpc) is 3.34. The van der Waals surface area contributed by atoms with Gasteiger partial charge in [0, 0.05) is 31.6 Å². The molecule has 0 radical (unpaired) electrons. The highest BCUT2D eigenvalue weighted by molar-refractivity contribution is 7.89. The Labute approximate surface area is 196 Å². The van der Waals surface area contributed by atoms with Crippen molar-refractivity contribution in [2.75, 3.05) is 18.4 Å². The van der Waals surface area contributed by atoms with Gasteiger partial charge in [0.2, 0.25) is 15.9 Å². The molecule has 0 atom stereocenters. The fraction of sp³-hybridized carbons (Fsp3) is 0.318. The Kier molecular flexibility index (Phi) is 6.78. The van der Waals surface area contributed by atoms with Crippen molar-refractivity contribution in [2.45, 2.75) is 37.1 Å². The van der Waals surface area contributed by atoms with Crippen molar-refractivity contribution in [3.63, 3.8) is 0 Å². The predicted octanol–water partition coefficient (Wildman–Crippen LogP) is 3.38. The topological polar surface area (TPSA) is 99.2 Å². The van der Waals surface area contributed by atoms with Gasteiger partial charge in [0.25, 0.3) is 5.91 Å². The normalized spacial score (nSPS) is 17.2. The van der Waals surface area contributed by atoms with Crippen LogP contribution < -0.4 is 5.32 Å². The third kappa shape index (κ3) is 5.23. The Morgan fingerprint density at radius 2 is 1.79 bits per heavy atom. The molecular formula is C22H22ClFN4O4S. The summed E-state index contributed by atoms with van der Waals surface area (Å²) in [5.74, 6) is -1.18. The van der Waals surface area contributed by atoms with Gasteiger partial charge in [-0.3, -0.25) is 9.59 Å². The van der Waals surface area contributed by atoms with Crippen molar-refractivity contribution in [1.82, 2.24) is 9.31 Å². The molecule has 0 aromatic heterocycles. The van der Waals surface area contributed by atoms with Crippen molar-refractivity contribution in [3.05, 3.63) is 58.9 Å². The number of sulfonamides is 1. The van der Waals surface area contributed by atoms with Crippen LogP contribution in [0.4, 0.5) is 10.1 Å². The van der Waals surface area contributed by atoms with Crippen molar-refractivity contribution < 1.29 is 22.4 Å². The van der Waals surface area contributed by atoms with E-state index in [9.17, 15) is 22.4 Å². The fourth-order valence-corrected chi connectivity index (χ4v) is 5.72. The van der Waals surface area contributed by atoms with Gasteiger partial charge >= 0.3 is 0 Å². The largest absolute Gasteiger partial charge is 0.321 e. The number of carbonyl (C=O) groups is 2. The lowest BCUT2D eigenvalue weighted by atomic mass is 10.1. The number of rotatable bonds is 6. The molecule has 2 aliphatic heterocycles. The lowest BCUT2D eigenvalue weighted by Crippen LogP contribution is -2.36. The summed E-state index contributed by atoms with van der Waals surface area (Å²) in [4.78, 5) is 25.0. The summed E-state index contributed by atoms with van der Waals surface area (Å²) < 4.78 is 40.3. The maximum absolute atomic E-state index is 13.1. The van der Waals surface area contributed by atoms with Gasteiger partial charge in [-0.05, 0) is 48.7 Å². The molecule has 0 bridgehead atoms. The summed E-state index contributed by atoms with van der Waals surface area (Å²) in [5.41, 5.74) is 1.06. The first-order chi connectivity index (χ1) is 15.7. The summed E-state index contributed by atoms with van der Waals surface area (Å²) in [6.45, 7) is 0.975. The summed E-state index contributed by atoms with van der Waals surface area (Å²) in [6.07, 6.45) is 1.83. The molecule has 2 aliphatic rings. The van der Waals surface area contributed by atoms with E-state index in [0.29, 0.717) is 18.7 Å². The first-order valence-electron chi connectivity index (χ1n) is 10.5. The van der Waals surface area contributed by atoms with Gasteiger partial charge in [0.15, 0.2) is 0 Å². The van der Waals surface area contributed by atoms with Gasteiger partial charge < -0.3 is 5.32 Å². The number of hydrogen-bond acceptors (Lipinski definition) is 5. The van der Waals surface area contributed by atoms with Crippen LogP contribution in [0.25, 0.3) is 0 Å². The molecule has 0 saturated carbocycles. The van der Waals surface area contributed by atoms with Crippen LogP contribution >= 0.6 is 11.6 Å². The van der Waals surface area contributed by atoms with Crippen LogP contribution in [0, 0.1) is 5.82 Å². The predicted molar refractivity (Wildman–Crippen MR) is 122 cm³/mol. The molecule has 2 amide bonds. The number of hydrazone groups is 1. The molecular weight excluding hydrogens is 471 g/mol. The van der Waals surface area contributed by atoms with E-state index >= 15 is 0 Å². The summed E-state index contributed by atoms with van der Waals surface area (Å²) >= 11 is 6.16. The molecule has 2 heterocycles. The monoisotopic (exact) mass is 492 g/mol. The van der Waals surface area contributed by atoms with E-state index in [1.54, 1.807) is 12.1 Å². The van der Waals surface area contributed by atoms with Gasteiger partial charge in [-0.25, -0.2) is 17.8 Å². The molecule has 1 saturated heterocycles. The highest BCUT2D eigenvalue weighted by Crippen LogP contribution is 2.29. The lowest BCUT2D eigenvalue weighted by Gasteiger charge is -2.23. The molecule has 1 fully saturated rings. The minimum absolute atomic E-state index is 0.0671. The van der Waals surface area contributed by atoms with Crippen LogP contribution in [0.1, 0.15) is 31.2 Å². The Bertz CT molecular complexity index is 1210. The third-order valence-electron chi connectivity index (χ3n) is 5.48. The Morgan fingerprint density at radius 1 is 1.09 bits per heavy atom. The number of amides is 2. The molecule has 174 valence electrons. The van der Waals surface area contributed by atoms with Gasteiger partial charge in [-0.1, -0.05) is 23.7 Å². The number of nitrogens with one attached hydrogen (secondary N) is 1. The first-order valence-corrected chi connectivity index (χ1v) is 12.3. The highest BCUT2D eigenvalue weighted by atomic mass is 35.5. The molecule has 8 nitrogen and oxygen atoms in total. The molecule has 4 rings (SSSR count). The van der Waals surface area contributed by atoms with Gasteiger partial charge in [0.05, 0.1) is 11.6 Å². The minimum Gasteiger partial charge on any atom is -0.321 e. The number of nitrogens with zero attached hydrogens (tertiary/aromatic N) is 3. The zero-order chi connectivity index (χ0) is 23.6. The molecule has 0 spiro atoms. The van der Waals surface area contributed by atoms with Crippen molar-refractivity contribution in [3.8, 4) is 0 Å². The van der Waals surface area contributed by atoms with E-state index in [-0.39, 0.29) is 52.4 Å². The molecule has 33 heavy (non-hydrogen) atoms. The Hall–Kier alpha value is -2.82. The van der Waals surface area contributed by atoms with E-state index in [4.69, 9.17) is 11.6 Å². The summed E-state index contributed by atoms with van der Waals surface area (Å²) in [6, 6.07) is 9.93. The number of benzene rings is 2. The molecule has 11 heteroatoms. The molecule has 1 N–H and O–H groups in total. The van der Waals surface area contributed by atoms with Gasteiger partial charge in [0.1, 0.15) is 16.4 Å². The number of halogens is 2. The van der Waals surface area contributed by atoms with E-state index < -0.39 is 15.9 Å². The van der Waals surface area contributed by atoms with Gasteiger partial charge in [-0.15, -0.1) is 0 Å². The zero-order valence-electron chi connectivity index (χ0n) is 17.6. The molecule has 2 aromatic rings. The van der Waals surface area contributed by atoms with Crippen LogP contribution in [0.15, 0.2) is 52.5 Å². The average molecular weight is 493 g/mol. The molecule has 0 unspecified atom stereocenters. The second-order valence-electron chi connectivity index (χ2n) is 7.84. The van der Waals surface area contributed by atoms with Crippen LogP contribution in [-0.4, -0.2) is 48.3 Å². The molecule has 2 aromatic carbocycles. The van der Waals surface area contributed by atoms with E-state index in [1.807, 2.05) is 0 Å². The SMILES string of the molecule is O=C(Nc1ccc(Cl)c(S(=O)(=O)N2CCCC2)c1)C1=NN(Cc2ccc(F)cc2)C(=O)CC1. The smallest absolute Gasteiger partial charge is 0.271 e. The maximum Gasteiger partial charge on any atom is 0.271 e. The highest BCUT2D eigenvalue weighted by Gasteiger charge is 2.30. The van der Waals surface area contributed by atoms with Gasteiger partial charge in [-0.2, -0.15) is 9.41 Å². The van der Waals surface area contributed by atoms with Crippen molar-refractivity contribution in [2.24, 2.45) is 5.10 Å². The van der Waals surface area contributed by atoms with Crippen molar-refractivity contribution in [1.29, 1.82) is 0 Å².